The molecule has 3 N–H and O–H groups in total. The van der Waals surface area contributed by atoms with Gasteiger partial charge in [0.2, 0.25) is 11.9 Å². The number of aromatic nitrogens is 6. The van der Waals surface area contributed by atoms with Gasteiger partial charge < -0.3 is 25.6 Å². The molecule has 0 bridgehead atoms. The fourth-order valence-electron chi connectivity index (χ4n) is 6.37. The Balaban J connectivity index is 0.000000218. The minimum absolute atomic E-state index is 0.0307. The molecule has 18 heteroatoms. The van der Waals surface area contributed by atoms with Crippen LogP contribution in [0.5, 0.6) is 0 Å². The molecule has 14 nitrogen and oxygen atoms in total. The van der Waals surface area contributed by atoms with Gasteiger partial charge in [-0.15, -0.1) is 20.4 Å². The lowest BCUT2D eigenvalue weighted by molar-refractivity contribution is 0.0499. The highest BCUT2D eigenvalue weighted by Gasteiger charge is 2.28. The third kappa shape index (κ3) is 11.0. The summed E-state index contributed by atoms with van der Waals surface area (Å²) in [5.74, 6) is -0.0391. The number of halogens is 4. The van der Waals surface area contributed by atoms with Crippen molar-refractivity contribution >= 4 is 41.2 Å². The molecule has 55 heavy (non-hydrogen) atoms. The summed E-state index contributed by atoms with van der Waals surface area (Å²) >= 11 is 12.4. The van der Waals surface area contributed by atoms with Crippen LogP contribution in [0.1, 0.15) is 69.0 Å². The number of alkyl carbamates (subject to hydrolysis) is 1. The van der Waals surface area contributed by atoms with E-state index in [2.05, 4.69) is 25.7 Å². The Morgan fingerprint density at radius 1 is 0.818 bits per heavy atom. The number of amides is 1. The Labute approximate surface area is 327 Å². The van der Waals surface area contributed by atoms with Crippen LogP contribution in [0.3, 0.4) is 0 Å². The monoisotopic (exact) mass is 802 g/mol. The zero-order chi connectivity index (χ0) is 40.0. The van der Waals surface area contributed by atoms with Crippen molar-refractivity contribution in [2.24, 2.45) is 5.73 Å². The van der Waals surface area contributed by atoms with E-state index in [0.717, 1.165) is 32.2 Å². The third-order valence-electron chi connectivity index (χ3n) is 9.01. The predicted octanol–water partition coefficient (Wildman–Crippen LogP) is 5.00. The highest BCUT2D eigenvalue weighted by atomic mass is 35.5. The molecule has 4 heterocycles. The van der Waals surface area contributed by atoms with Crippen LogP contribution in [0.2, 0.25) is 10.0 Å². The number of rotatable bonds is 7. The van der Waals surface area contributed by atoms with Crippen LogP contribution in [0, 0.1) is 25.5 Å². The zero-order valence-corrected chi connectivity index (χ0v) is 33.0. The molecule has 2 aliphatic rings. The first-order chi connectivity index (χ1) is 26.0. The molecule has 2 aliphatic heterocycles. The van der Waals surface area contributed by atoms with Crippen LogP contribution < -0.4 is 32.0 Å². The molecule has 0 spiro atoms. The van der Waals surface area contributed by atoms with E-state index < -0.39 is 23.3 Å². The first-order valence-electron chi connectivity index (χ1n) is 18.0. The normalized spacial score (nSPS) is 17.3. The summed E-state index contributed by atoms with van der Waals surface area (Å²) in [6.45, 7) is 11.2. The molecular weight excluding hydrogens is 757 g/mol. The summed E-state index contributed by atoms with van der Waals surface area (Å²) < 4.78 is 35.5. The van der Waals surface area contributed by atoms with Gasteiger partial charge in [-0.25, -0.2) is 13.6 Å². The number of aryl methyl sites for hydroxylation is 2. The van der Waals surface area contributed by atoms with Crippen LogP contribution in [0.25, 0.3) is 0 Å². The quantitative estimate of drug-likeness (QED) is 0.258. The number of nitrogens with one attached hydrogen (secondary N) is 1. The molecule has 2 fully saturated rings. The number of benzene rings is 2. The number of nitrogens with zero attached hydrogens (tertiary/aromatic N) is 8. The number of hydrogen-bond donors (Lipinski definition) is 2. The molecule has 0 radical (unpaired) electrons. The van der Waals surface area contributed by atoms with Gasteiger partial charge in [0, 0.05) is 48.3 Å². The molecule has 0 unspecified atom stereocenters. The van der Waals surface area contributed by atoms with Crippen molar-refractivity contribution in [2.75, 3.05) is 36.0 Å². The van der Waals surface area contributed by atoms with Crippen molar-refractivity contribution in [3.63, 3.8) is 0 Å². The molecule has 2 aromatic carbocycles. The maximum atomic E-state index is 13.7. The lowest BCUT2D eigenvalue weighted by atomic mass is 10.1. The summed E-state index contributed by atoms with van der Waals surface area (Å²) in [6, 6.07) is 7.98. The summed E-state index contributed by atoms with van der Waals surface area (Å²) in [5.41, 5.74) is 6.36. The van der Waals surface area contributed by atoms with Crippen molar-refractivity contribution < 1.29 is 18.3 Å². The smallest absolute Gasteiger partial charge is 0.407 e. The van der Waals surface area contributed by atoms with Crippen molar-refractivity contribution in [1.29, 1.82) is 0 Å². The first kappa shape index (κ1) is 41.5. The molecular formula is C37H46Cl2F2N10O4. The van der Waals surface area contributed by atoms with Crippen molar-refractivity contribution in [2.45, 2.75) is 91.1 Å². The standard InChI is InChI=1S/C21H27ClFN5O3.C16H19ClFN5O/c1-13-18(29)28(11-14-10-15(23)7-8-17(14)22)19(26-25-13)27-9-5-6-16(12-27)24-20(30)31-21(2,3)4;1-10-15(24)23(8-11-7-12(18)4-5-14(11)17)16(21-20-10)22-6-2-3-13(19)9-22/h7-8,10,16H,5-6,9,11-12H2,1-4H3,(H,24,30);4-5,7,13H,2-3,6,8-9,19H2,1H3/t16-;13-/m11/s1. The van der Waals surface area contributed by atoms with Crippen molar-refractivity contribution in [3.05, 3.63) is 101 Å². The van der Waals surface area contributed by atoms with Gasteiger partial charge in [0.05, 0.1) is 13.1 Å². The van der Waals surface area contributed by atoms with Gasteiger partial charge in [0.1, 0.15) is 28.6 Å². The van der Waals surface area contributed by atoms with Crippen molar-refractivity contribution in [1.82, 2.24) is 34.8 Å². The summed E-state index contributed by atoms with van der Waals surface area (Å²) in [4.78, 5) is 41.4. The molecule has 6 rings (SSSR count). The van der Waals surface area contributed by atoms with E-state index in [1.54, 1.807) is 34.6 Å². The Bertz CT molecular complexity index is 2130. The average molecular weight is 804 g/mol. The number of piperidine rings is 2. The molecule has 2 aromatic heterocycles. The first-order valence-corrected chi connectivity index (χ1v) is 18.8. The maximum absolute atomic E-state index is 13.7. The van der Waals surface area contributed by atoms with Gasteiger partial charge >= 0.3 is 6.09 Å². The second-order valence-corrected chi connectivity index (χ2v) is 15.5. The minimum Gasteiger partial charge on any atom is -0.444 e. The van der Waals surface area contributed by atoms with E-state index in [0.29, 0.717) is 52.7 Å². The highest BCUT2D eigenvalue weighted by Crippen LogP contribution is 2.23. The Morgan fingerprint density at radius 2 is 1.29 bits per heavy atom. The largest absolute Gasteiger partial charge is 0.444 e. The second-order valence-electron chi connectivity index (χ2n) is 14.7. The van der Waals surface area contributed by atoms with E-state index in [9.17, 15) is 23.2 Å². The summed E-state index contributed by atoms with van der Waals surface area (Å²) in [7, 11) is 0. The van der Waals surface area contributed by atoms with E-state index in [4.69, 9.17) is 33.7 Å². The lowest BCUT2D eigenvalue weighted by Gasteiger charge is -2.34. The predicted molar refractivity (Wildman–Crippen MR) is 207 cm³/mol. The van der Waals surface area contributed by atoms with E-state index in [1.165, 1.54) is 45.5 Å². The average Bonchev–Trinajstić information content (AvgIpc) is 3.11. The molecule has 2 atom stereocenters. The van der Waals surface area contributed by atoms with Crippen molar-refractivity contribution in [3.8, 4) is 0 Å². The topological polar surface area (TPSA) is 166 Å². The maximum Gasteiger partial charge on any atom is 0.407 e. The summed E-state index contributed by atoms with van der Waals surface area (Å²) in [6.07, 6.45) is 2.93. The second kappa shape index (κ2) is 17.9. The van der Waals surface area contributed by atoms with Gasteiger partial charge in [0.15, 0.2) is 0 Å². The van der Waals surface area contributed by atoms with E-state index >= 15 is 0 Å². The van der Waals surface area contributed by atoms with Crippen LogP contribution in [-0.2, 0) is 17.8 Å². The Morgan fingerprint density at radius 3 is 1.76 bits per heavy atom. The molecule has 296 valence electrons. The lowest BCUT2D eigenvalue weighted by Crippen LogP contribution is -2.50. The number of hydrogen-bond acceptors (Lipinski definition) is 11. The zero-order valence-electron chi connectivity index (χ0n) is 31.5. The molecule has 4 aromatic rings. The number of ether oxygens (including phenoxy) is 1. The van der Waals surface area contributed by atoms with Crippen LogP contribution in [-0.4, -0.2) is 79.5 Å². The van der Waals surface area contributed by atoms with Gasteiger partial charge in [-0.2, -0.15) is 0 Å². The van der Waals surface area contributed by atoms with Gasteiger partial charge in [-0.05, 0) is 108 Å². The molecule has 0 saturated carbocycles. The molecule has 2 saturated heterocycles. The highest BCUT2D eigenvalue weighted by molar-refractivity contribution is 6.31. The van der Waals surface area contributed by atoms with Crippen LogP contribution in [0.4, 0.5) is 25.5 Å². The SMILES string of the molecule is Cc1nnc(N2CCC[C@@H](N)C2)n(Cc2cc(F)ccc2Cl)c1=O.Cc1nnc(N2CCC[C@@H](NC(=O)OC(C)(C)C)C2)n(Cc2cc(F)ccc2Cl)c1=O. The summed E-state index contributed by atoms with van der Waals surface area (Å²) in [5, 5.41) is 20.0. The van der Waals surface area contributed by atoms with Crippen LogP contribution >= 0.6 is 23.2 Å². The van der Waals surface area contributed by atoms with Gasteiger partial charge in [-0.1, -0.05) is 23.2 Å². The Kier molecular flexibility index (Phi) is 13.5. The third-order valence-corrected chi connectivity index (χ3v) is 9.75. The van der Waals surface area contributed by atoms with Gasteiger partial charge in [-0.3, -0.25) is 18.7 Å². The molecule has 0 aliphatic carbocycles. The fourth-order valence-corrected chi connectivity index (χ4v) is 6.72. The van der Waals surface area contributed by atoms with Crippen LogP contribution in [0.15, 0.2) is 46.0 Å². The molecule has 1 amide bonds. The number of nitrogens with two attached hydrogens (primary N) is 1. The fraction of sp³-hybridized carbons (Fsp3) is 0.486. The number of carbonyl (C=O) groups excluding carboxylic acids is 1. The van der Waals surface area contributed by atoms with Gasteiger partial charge in [0.25, 0.3) is 11.1 Å². The Hall–Kier alpha value is -4.67. The number of anilines is 2. The van der Waals surface area contributed by atoms with E-state index in [-0.39, 0.29) is 47.7 Å². The minimum atomic E-state index is -0.592. The number of carbonyl (C=O) groups is 1. The van der Waals surface area contributed by atoms with E-state index in [1.807, 2.05) is 9.80 Å².